The van der Waals surface area contributed by atoms with E-state index in [1.165, 1.54) is 0 Å². The van der Waals surface area contributed by atoms with Crippen molar-refractivity contribution in [3.63, 3.8) is 0 Å². The van der Waals surface area contributed by atoms with Crippen LogP contribution in [0.3, 0.4) is 0 Å². The molecule has 0 spiro atoms. The summed E-state index contributed by atoms with van der Waals surface area (Å²) in [6, 6.07) is 3.23. The second kappa shape index (κ2) is 6.31. The molecule has 1 aliphatic heterocycles. The number of likely N-dealkylation sites (tertiary alicyclic amines) is 1. The van der Waals surface area contributed by atoms with Crippen molar-refractivity contribution in [3.8, 4) is 0 Å². The zero-order chi connectivity index (χ0) is 14.7. The fraction of sp³-hybridized carbons (Fsp3) is 0.533. The molecule has 110 valence electrons. The minimum Gasteiger partial charge on any atom is -0.342 e. The summed E-state index contributed by atoms with van der Waals surface area (Å²) >= 11 is 0. The molecular formula is C15H20F2N2O. The van der Waals surface area contributed by atoms with Crippen molar-refractivity contribution in [2.75, 3.05) is 13.1 Å². The van der Waals surface area contributed by atoms with Crippen LogP contribution >= 0.6 is 0 Å². The van der Waals surface area contributed by atoms with Gasteiger partial charge in [-0.05, 0) is 43.9 Å². The number of hydrogen-bond acceptors (Lipinski definition) is 2. The standard InChI is InChI=1S/C15H20F2N2O/c1-10(18)11-3-2-6-19(9-11)15(20)8-12-7-13(16)4-5-14(12)17/h4-5,7,10-11H,2-3,6,8-9,18H2,1H3/t10-,11-/m1/s1. The van der Waals surface area contributed by atoms with Gasteiger partial charge in [-0.3, -0.25) is 4.79 Å². The maximum atomic E-state index is 13.5. The summed E-state index contributed by atoms with van der Waals surface area (Å²) in [6.45, 7) is 3.21. The fourth-order valence-electron chi connectivity index (χ4n) is 2.62. The number of piperidine rings is 1. The Bertz CT molecular complexity index is 491. The molecule has 0 saturated carbocycles. The second-order valence-electron chi connectivity index (χ2n) is 5.51. The molecule has 0 aromatic heterocycles. The van der Waals surface area contributed by atoms with E-state index in [4.69, 9.17) is 5.73 Å². The number of rotatable bonds is 3. The Morgan fingerprint density at radius 3 is 2.95 bits per heavy atom. The van der Waals surface area contributed by atoms with Gasteiger partial charge in [-0.2, -0.15) is 0 Å². The third kappa shape index (κ3) is 3.54. The van der Waals surface area contributed by atoms with E-state index in [9.17, 15) is 13.6 Å². The lowest BCUT2D eigenvalue weighted by Crippen LogP contribution is -2.45. The lowest BCUT2D eigenvalue weighted by Gasteiger charge is -2.34. The third-order valence-corrected chi connectivity index (χ3v) is 3.90. The molecule has 1 aromatic rings. The Hall–Kier alpha value is -1.49. The first-order valence-electron chi connectivity index (χ1n) is 6.94. The Labute approximate surface area is 117 Å². The van der Waals surface area contributed by atoms with E-state index >= 15 is 0 Å². The maximum Gasteiger partial charge on any atom is 0.227 e. The molecule has 1 saturated heterocycles. The van der Waals surface area contributed by atoms with Crippen molar-refractivity contribution in [1.29, 1.82) is 0 Å². The molecule has 1 aromatic carbocycles. The molecule has 3 nitrogen and oxygen atoms in total. The molecule has 2 N–H and O–H groups in total. The van der Waals surface area contributed by atoms with Crippen LogP contribution < -0.4 is 5.73 Å². The Balaban J connectivity index is 2.02. The monoisotopic (exact) mass is 282 g/mol. The summed E-state index contributed by atoms with van der Waals surface area (Å²) in [7, 11) is 0. The Morgan fingerprint density at radius 1 is 1.50 bits per heavy atom. The van der Waals surface area contributed by atoms with Gasteiger partial charge in [0.15, 0.2) is 0 Å². The van der Waals surface area contributed by atoms with Crippen LogP contribution in [0.4, 0.5) is 8.78 Å². The van der Waals surface area contributed by atoms with Crippen molar-refractivity contribution in [1.82, 2.24) is 4.90 Å². The van der Waals surface area contributed by atoms with Crippen molar-refractivity contribution >= 4 is 5.91 Å². The molecule has 2 atom stereocenters. The van der Waals surface area contributed by atoms with Crippen molar-refractivity contribution < 1.29 is 13.6 Å². The predicted molar refractivity (Wildman–Crippen MR) is 73.0 cm³/mol. The van der Waals surface area contributed by atoms with Crippen molar-refractivity contribution in [3.05, 3.63) is 35.4 Å². The minimum atomic E-state index is -0.541. The van der Waals surface area contributed by atoms with E-state index in [0.29, 0.717) is 13.1 Å². The lowest BCUT2D eigenvalue weighted by atomic mass is 9.92. The fourth-order valence-corrected chi connectivity index (χ4v) is 2.62. The lowest BCUT2D eigenvalue weighted by molar-refractivity contribution is -0.132. The van der Waals surface area contributed by atoms with Gasteiger partial charge in [0.05, 0.1) is 6.42 Å². The molecule has 0 unspecified atom stereocenters. The first-order chi connectivity index (χ1) is 9.47. The zero-order valence-corrected chi connectivity index (χ0v) is 11.6. The van der Waals surface area contributed by atoms with Crippen LogP contribution in [0.2, 0.25) is 0 Å². The van der Waals surface area contributed by atoms with E-state index in [-0.39, 0.29) is 29.9 Å². The maximum absolute atomic E-state index is 13.5. The SMILES string of the molecule is C[C@@H](N)[C@@H]1CCCN(C(=O)Cc2cc(F)ccc2F)C1. The molecule has 2 rings (SSSR count). The van der Waals surface area contributed by atoms with Gasteiger partial charge >= 0.3 is 0 Å². The van der Waals surface area contributed by atoms with E-state index in [1.54, 1.807) is 4.90 Å². The van der Waals surface area contributed by atoms with E-state index in [1.807, 2.05) is 6.92 Å². The van der Waals surface area contributed by atoms with Gasteiger partial charge in [0.1, 0.15) is 11.6 Å². The molecule has 1 amide bonds. The summed E-state index contributed by atoms with van der Waals surface area (Å²) < 4.78 is 26.6. The van der Waals surface area contributed by atoms with Crippen LogP contribution in [-0.2, 0) is 11.2 Å². The highest BCUT2D eigenvalue weighted by Crippen LogP contribution is 2.20. The number of hydrogen-bond donors (Lipinski definition) is 1. The quantitative estimate of drug-likeness (QED) is 0.922. The average Bonchev–Trinajstić information content (AvgIpc) is 2.43. The Morgan fingerprint density at radius 2 is 2.25 bits per heavy atom. The molecule has 1 aliphatic rings. The second-order valence-corrected chi connectivity index (χ2v) is 5.51. The smallest absolute Gasteiger partial charge is 0.227 e. The highest BCUT2D eigenvalue weighted by Gasteiger charge is 2.26. The molecule has 0 aliphatic carbocycles. The zero-order valence-electron chi connectivity index (χ0n) is 11.6. The normalized spacial score (nSPS) is 20.8. The highest BCUT2D eigenvalue weighted by atomic mass is 19.1. The van der Waals surface area contributed by atoms with Gasteiger partial charge in [0, 0.05) is 24.7 Å². The number of carbonyl (C=O) groups excluding carboxylic acids is 1. The highest BCUT2D eigenvalue weighted by molar-refractivity contribution is 5.79. The number of benzene rings is 1. The topological polar surface area (TPSA) is 46.3 Å². The van der Waals surface area contributed by atoms with Crippen molar-refractivity contribution in [2.24, 2.45) is 11.7 Å². The van der Waals surface area contributed by atoms with Crippen LogP contribution in [0.5, 0.6) is 0 Å². The summed E-state index contributed by atoms with van der Waals surface area (Å²) in [5.41, 5.74) is 5.99. The minimum absolute atomic E-state index is 0.0384. The number of carbonyl (C=O) groups is 1. The van der Waals surface area contributed by atoms with Crippen LogP contribution in [0.1, 0.15) is 25.3 Å². The van der Waals surface area contributed by atoms with Crippen molar-refractivity contribution in [2.45, 2.75) is 32.2 Å². The van der Waals surface area contributed by atoms with Gasteiger partial charge in [-0.25, -0.2) is 8.78 Å². The van der Waals surface area contributed by atoms with Gasteiger partial charge < -0.3 is 10.6 Å². The first-order valence-corrected chi connectivity index (χ1v) is 6.94. The molecule has 20 heavy (non-hydrogen) atoms. The molecule has 0 bridgehead atoms. The summed E-state index contributed by atoms with van der Waals surface area (Å²) in [5.74, 6) is -0.952. The molecular weight excluding hydrogens is 262 g/mol. The van der Waals surface area contributed by atoms with Gasteiger partial charge in [0.25, 0.3) is 0 Å². The van der Waals surface area contributed by atoms with Gasteiger partial charge in [-0.15, -0.1) is 0 Å². The molecule has 1 heterocycles. The Kier molecular flexibility index (Phi) is 4.70. The average molecular weight is 282 g/mol. The first kappa shape index (κ1) is 14.9. The largest absolute Gasteiger partial charge is 0.342 e. The number of nitrogens with two attached hydrogens (primary N) is 1. The molecule has 5 heteroatoms. The van der Waals surface area contributed by atoms with E-state index in [2.05, 4.69) is 0 Å². The predicted octanol–water partition coefficient (Wildman–Crippen LogP) is 2.09. The number of nitrogens with zero attached hydrogens (tertiary/aromatic N) is 1. The van der Waals surface area contributed by atoms with Crippen LogP contribution in [0, 0.1) is 17.6 Å². The van der Waals surface area contributed by atoms with E-state index < -0.39 is 11.6 Å². The number of halogens is 2. The van der Waals surface area contributed by atoms with Gasteiger partial charge in [0.2, 0.25) is 5.91 Å². The molecule has 0 radical (unpaired) electrons. The van der Waals surface area contributed by atoms with Crippen LogP contribution in [0.15, 0.2) is 18.2 Å². The summed E-state index contributed by atoms with van der Waals surface area (Å²) in [4.78, 5) is 13.9. The number of amides is 1. The van der Waals surface area contributed by atoms with Gasteiger partial charge in [-0.1, -0.05) is 0 Å². The summed E-state index contributed by atoms with van der Waals surface area (Å²) in [5, 5.41) is 0. The molecule has 1 fully saturated rings. The summed E-state index contributed by atoms with van der Waals surface area (Å²) in [6.07, 6.45) is 1.81. The van der Waals surface area contributed by atoms with Crippen LogP contribution in [0.25, 0.3) is 0 Å². The van der Waals surface area contributed by atoms with Crippen LogP contribution in [-0.4, -0.2) is 29.9 Å². The third-order valence-electron chi connectivity index (χ3n) is 3.90. The van der Waals surface area contributed by atoms with E-state index in [0.717, 1.165) is 31.0 Å².